The quantitative estimate of drug-likeness (QED) is 0.896. The fourth-order valence-electron chi connectivity index (χ4n) is 2.65. The van der Waals surface area contributed by atoms with Crippen molar-refractivity contribution in [2.75, 3.05) is 25.0 Å². The van der Waals surface area contributed by atoms with Gasteiger partial charge in [-0.05, 0) is 56.9 Å². The molecule has 1 saturated heterocycles. The molecule has 2 rings (SSSR count). The molecule has 4 nitrogen and oxygen atoms in total. The Hall–Kier alpha value is -1.55. The first-order chi connectivity index (χ1) is 10.0. The van der Waals surface area contributed by atoms with E-state index in [1.807, 2.05) is 36.1 Å². The zero-order valence-electron chi connectivity index (χ0n) is 13.1. The van der Waals surface area contributed by atoms with Crippen LogP contribution in [0.25, 0.3) is 0 Å². The third kappa shape index (κ3) is 4.46. The topological polar surface area (TPSA) is 52.6 Å². The van der Waals surface area contributed by atoms with Crippen LogP contribution >= 0.6 is 0 Å². The lowest BCUT2D eigenvalue weighted by atomic mass is 9.98. The normalized spacial score (nSPS) is 22.7. The molecular weight excluding hydrogens is 264 g/mol. The minimum atomic E-state index is -0.636. The maximum absolute atomic E-state index is 12.5. The molecule has 0 bridgehead atoms. The van der Waals surface area contributed by atoms with Gasteiger partial charge in [-0.3, -0.25) is 4.79 Å². The molecular formula is C17H26N2O2. The van der Waals surface area contributed by atoms with E-state index in [2.05, 4.69) is 12.2 Å². The molecule has 1 aliphatic heterocycles. The first kappa shape index (κ1) is 15.8. The van der Waals surface area contributed by atoms with E-state index in [0.717, 1.165) is 43.6 Å². The highest BCUT2D eigenvalue weighted by Crippen LogP contribution is 2.22. The van der Waals surface area contributed by atoms with Crippen molar-refractivity contribution < 1.29 is 9.90 Å². The van der Waals surface area contributed by atoms with Gasteiger partial charge in [0, 0.05) is 30.9 Å². The number of nitrogens with zero attached hydrogens (tertiary/aromatic N) is 1. The summed E-state index contributed by atoms with van der Waals surface area (Å²) in [5.74, 6) is 0.0646. The molecule has 1 unspecified atom stereocenters. The van der Waals surface area contributed by atoms with E-state index in [0.29, 0.717) is 13.0 Å². The highest BCUT2D eigenvalue weighted by atomic mass is 16.3. The average molecular weight is 290 g/mol. The second kappa shape index (κ2) is 6.94. The summed E-state index contributed by atoms with van der Waals surface area (Å²) in [5, 5.41) is 13.4. The van der Waals surface area contributed by atoms with Crippen molar-refractivity contribution in [1.82, 2.24) is 4.90 Å². The summed E-state index contributed by atoms with van der Waals surface area (Å²) in [4.78, 5) is 14.4. The molecule has 0 radical (unpaired) electrons. The first-order valence-electron chi connectivity index (χ1n) is 7.87. The molecule has 0 spiro atoms. The Morgan fingerprint density at radius 3 is 2.67 bits per heavy atom. The Kier molecular flexibility index (Phi) is 5.23. The summed E-state index contributed by atoms with van der Waals surface area (Å²) >= 11 is 0. The summed E-state index contributed by atoms with van der Waals surface area (Å²) in [5.41, 5.74) is 1.13. The number of likely N-dealkylation sites (tertiary alicyclic amines) is 1. The van der Waals surface area contributed by atoms with Gasteiger partial charge in [-0.25, -0.2) is 0 Å². The summed E-state index contributed by atoms with van der Waals surface area (Å²) in [7, 11) is 0. The van der Waals surface area contributed by atoms with Crippen molar-refractivity contribution in [2.45, 2.75) is 45.1 Å². The Labute approximate surface area is 127 Å². The summed E-state index contributed by atoms with van der Waals surface area (Å²) < 4.78 is 0. The molecule has 4 heteroatoms. The molecule has 1 fully saturated rings. The van der Waals surface area contributed by atoms with Gasteiger partial charge < -0.3 is 15.3 Å². The average Bonchev–Trinajstić information content (AvgIpc) is 2.66. The van der Waals surface area contributed by atoms with Gasteiger partial charge in [0.15, 0.2) is 0 Å². The fourth-order valence-corrected chi connectivity index (χ4v) is 2.65. The SMILES string of the molecule is CCCNc1ccc(C(=O)N2CCCC(C)(O)CC2)cc1. The minimum absolute atomic E-state index is 0.0646. The van der Waals surface area contributed by atoms with Crippen molar-refractivity contribution in [3.05, 3.63) is 29.8 Å². The maximum atomic E-state index is 12.5. The zero-order valence-corrected chi connectivity index (χ0v) is 13.1. The Bertz CT molecular complexity index is 468. The molecule has 116 valence electrons. The van der Waals surface area contributed by atoms with E-state index in [9.17, 15) is 9.90 Å². The van der Waals surface area contributed by atoms with E-state index < -0.39 is 5.60 Å². The smallest absolute Gasteiger partial charge is 0.253 e. The number of nitrogens with one attached hydrogen (secondary N) is 1. The third-order valence-electron chi connectivity index (χ3n) is 4.06. The number of rotatable bonds is 4. The van der Waals surface area contributed by atoms with Gasteiger partial charge in [0.05, 0.1) is 5.60 Å². The van der Waals surface area contributed by atoms with Crippen molar-refractivity contribution in [3.8, 4) is 0 Å². The number of anilines is 1. The van der Waals surface area contributed by atoms with Crippen LogP contribution in [0.2, 0.25) is 0 Å². The highest BCUT2D eigenvalue weighted by Gasteiger charge is 2.27. The standard InChI is InChI=1S/C17H26N2O2/c1-3-11-18-15-7-5-14(6-8-15)16(20)19-12-4-9-17(2,21)10-13-19/h5-8,18,21H,3-4,9-13H2,1-2H3. The summed E-state index contributed by atoms with van der Waals surface area (Å²) in [6, 6.07) is 7.67. The van der Waals surface area contributed by atoms with Crippen LogP contribution in [0.4, 0.5) is 5.69 Å². The number of carbonyl (C=O) groups excluding carboxylic acids is 1. The lowest BCUT2D eigenvalue weighted by Gasteiger charge is -2.22. The number of hydrogen-bond acceptors (Lipinski definition) is 3. The summed E-state index contributed by atoms with van der Waals surface area (Å²) in [6.45, 7) is 6.27. The molecule has 0 aromatic heterocycles. The molecule has 0 saturated carbocycles. The molecule has 1 amide bonds. The van der Waals surface area contributed by atoms with Crippen molar-refractivity contribution in [1.29, 1.82) is 0 Å². The van der Waals surface area contributed by atoms with E-state index in [1.54, 1.807) is 0 Å². The van der Waals surface area contributed by atoms with Gasteiger partial charge in [0.1, 0.15) is 0 Å². The van der Waals surface area contributed by atoms with Crippen molar-refractivity contribution in [3.63, 3.8) is 0 Å². The van der Waals surface area contributed by atoms with E-state index in [4.69, 9.17) is 0 Å². The largest absolute Gasteiger partial charge is 0.390 e. The molecule has 1 atom stereocenters. The van der Waals surface area contributed by atoms with Crippen LogP contribution in [0.3, 0.4) is 0 Å². The first-order valence-corrected chi connectivity index (χ1v) is 7.87. The molecule has 1 aromatic rings. The van der Waals surface area contributed by atoms with Gasteiger partial charge in [-0.15, -0.1) is 0 Å². The molecule has 1 heterocycles. The minimum Gasteiger partial charge on any atom is -0.390 e. The van der Waals surface area contributed by atoms with Crippen molar-refractivity contribution >= 4 is 11.6 Å². The van der Waals surface area contributed by atoms with Crippen LogP contribution < -0.4 is 5.32 Å². The second-order valence-electron chi connectivity index (χ2n) is 6.15. The Morgan fingerprint density at radius 2 is 2.00 bits per heavy atom. The van der Waals surface area contributed by atoms with Gasteiger partial charge in [-0.1, -0.05) is 6.92 Å². The lowest BCUT2D eigenvalue weighted by Crippen LogP contribution is -2.33. The van der Waals surface area contributed by atoms with E-state index in [1.165, 1.54) is 0 Å². The predicted octanol–water partition coefficient (Wildman–Crippen LogP) is 2.89. The predicted molar refractivity (Wildman–Crippen MR) is 85.6 cm³/mol. The summed E-state index contributed by atoms with van der Waals surface area (Å²) in [6.07, 6.45) is 3.34. The Balaban J connectivity index is 1.99. The number of carbonyl (C=O) groups is 1. The molecule has 21 heavy (non-hydrogen) atoms. The van der Waals surface area contributed by atoms with E-state index >= 15 is 0 Å². The number of aliphatic hydroxyl groups is 1. The van der Waals surface area contributed by atoms with Crippen LogP contribution in [0.15, 0.2) is 24.3 Å². The zero-order chi connectivity index (χ0) is 15.3. The van der Waals surface area contributed by atoms with Crippen molar-refractivity contribution in [2.24, 2.45) is 0 Å². The van der Waals surface area contributed by atoms with Crippen LogP contribution in [-0.4, -0.2) is 41.1 Å². The fraction of sp³-hybridized carbons (Fsp3) is 0.588. The number of benzene rings is 1. The third-order valence-corrected chi connectivity index (χ3v) is 4.06. The van der Waals surface area contributed by atoms with Gasteiger partial charge in [-0.2, -0.15) is 0 Å². The van der Waals surface area contributed by atoms with Crippen LogP contribution in [-0.2, 0) is 0 Å². The second-order valence-corrected chi connectivity index (χ2v) is 6.15. The molecule has 2 N–H and O–H groups in total. The van der Waals surface area contributed by atoms with Crippen LogP contribution in [0.5, 0.6) is 0 Å². The van der Waals surface area contributed by atoms with E-state index in [-0.39, 0.29) is 5.91 Å². The van der Waals surface area contributed by atoms with Gasteiger partial charge in [0.2, 0.25) is 0 Å². The molecule has 0 aliphatic carbocycles. The van der Waals surface area contributed by atoms with Gasteiger partial charge in [0.25, 0.3) is 5.91 Å². The lowest BCUT2D eigenvalue weighted by molar-refractivity contribution is 0.0438. The number of amides is 1. The molecule has 1 aromatic carbocycles. The molecule has 1 aliphatic rings. The van der Waals surface area contributed by atoms with Crippen LogP contribution in [0, 0.1) is 0 Å². The highest BCUT2D eigenvalue weighted by molar-refractivity contribution is 5.94. The monoisotopic (exact) mass is 290 g/mol. The van der Waals surface area contributed by atoms with Crippen LogP contribution in [0.1, 0.15) is 49.9 Å². The van der Waals surface area contributed by atoms with Gasteiger partial charge >= 0.3 is 0 Å². The maximum Gasteiger partial charge on any atom is 0.253 e. The Morgan fingerprint density at radius 1 is 1.29 bits per heavy atom. The number of hydrogen-bond donors (Lipinski definition) is 2.